The predicted molar refractivity (Wildman–Crippen MR) is 59.0 cm³/mol. The standard InChI is InChI=1S/C11H18N2/c1-5-9(3)7-8-11(12)10(4)13-6-2/h5-8,10,13H,1-2,12H2,3-4H3/b9-7-,11-8-. The van der Waals surface area contributed by atoms with Gasteiger partial charge in [-0.2, -0.15) is 0 Å². The first-order valence-corrected chi connectivity index (χ1v) is 4.25. The lowest BCUT2D eigenvalue weighted by Crippen LogP contribution is -2.26. The van der Waals surface area contributed by atoms with E-state index in [0.29, 0.717) is 0 Å². The monoisotopic (exact) mass is 178 g/mol. The van der Waals surface area contributed by atoms with Gasteiger partial charge in [0.05, 0.1) is 6.04 Å². The van der Waals surface area contributed by atoms with Crippen molar-refractivity contribution in [1.29, 1.82) is 0 Å². The van der Waals surface area contributed by atoms with Gasteiger partial charge >= 0.3 is 0 Å². The summed E-state index contributed by atoms with van der Waals surface area (Å²) in [6.07, 6.45) is 7.23. The average Bonchev–Trinajstić information content (AvgIpc) is 2.13. The number of nitrogens with two attached hydrogens (primary N) is 1. The summed E-state index contributed by atoms with van der Waals surface area (Å²) in [6, 6.07) is 0.117. The zero-order valence-electron chi connectivity index (χ0n) is 8.38. The van der Waals surface area contributed by atoms with Crippen LogP contribution >= 0.6 is 0 Å². The highest BCUT2D eigenvalue weighted by atomic mass is 14.9. The van der Waals surface area contributed by atoms with Crippen molar-refractivity contribution in [3.8, 4) is 0 Å². The molecule has 0 aromatic carbocycles. The van der Waals surface area contributed by atoms with Gasteiger partial charge in [0.1, 0.15) is 0 Å². The fourth-order valence-corrected chi connectivity index (χ4v) is 0.713. The van der Waals surface area contributed by atoms with Gasteiger partial charge in [-0.15, -0.1) is 0 Å². The van der Waals surface area contributed by atoms with Crippen LogP contribution in [-0.2, 0) is 0 Å². The molecule has 3 N–H and O–H groups in total. The maximum atomic E-state index is 5.78. The molecule has 0 radical (unpaired) electrons. The van der Waals surface area contributed by atoms with Gasteiger partial charge in [-0.05, 0) is 26.1 Å². The molecule has 0 amide bonds. The third kappa shape index (κ3) is 4.90. The van der Waals surface area contributed by atoms with Crippen LogP contribution in [0.2, 0.25) is 0 Å². The Kier molecular flexibility index (Phi) is 5.44. The summed E-state index contributed by atoms with van der Waals surface area (Å²) < 4.78 is 0. The van der Waals surface area contributed by atoms with E-state index in [9.17, 15) is 0 Å². The number of rotatable bonds is 5. The zero-order chi connectivity index (χ0) is 10.3. The minimum Gasteiger partial charge on any atom is -0.400 e. The van der Waals surface area contributed by atoms with Crippen LogP contribution in [0.15, 0.2) is 48.9 Å². The van der Waals surface area contributed by atoms with E-state index >= 15 is 0 Å². The molecule has 0 aliphatic carbocycles. The van der Waals surface area contributed by atoms with E-state index in [1.54, 1.807) is 12.3 Å². The molecule has 72 valence electrons. The molecule has 0 aliphatic rings. The molecule has 0 heterocycles. The lowest BCUT2D eigenvalue weighted by Gasteiger charge is -2.10. The van der Waals surface area contributed by atoms with E-state index < -0.39 is 0 Å². The minimum absolute atomic E-state index is 0.117. The number of allylic oxidation sites excluding steroid dienone is 4. The Morgan fingerprint density at radius 3 is 2.46 bits per heavy atom. The molecular formula is C11H18N2. The van der Waals surface area contributed by atoms with Crippen LogP contribution in [0.1, 0.15) is 13.8 Å². The summed E-state index contributed by atoms with van der Waals surface area (Å²) in [5, 5.41) is 3.00. The molecule has 1 unspecified atom stereocenters. The van der Waals surface area contributed by atoms with E-state index in [1.807, 2.05) is 26.0 Å². The Balaban J connectivity index is 4.30. The number of hydrogen-bond acceptors (Lipinski definition) is 2. The van der Waals surface area contributed by atoms with E-state index in [4.69, 9.17) is 5.73 Å². The van der Waals surface area contributed by atoms with E-state index in [0.717, 1.165) is 11.3 Å². The molecule has 0 fully saturated rings. The van der Waals surface area contributed by atoms with Crippen LogP contribution < -0.4 is 11.1 Å². The van der Waals surface area contributed by atoms with E-state index in [-0.39, 0.29) is 6.04 Å². The number of nitrogens with one attached hydrogen (secondary N) is 1. The quantitative estimate of drug-likeness (QED) is 0.633. The Labute approximate surface area is 80.5 Å². The Hall–Kier alpha value is -1.44. The van der Waals surface area contributed by atoms with Crippen molar-refractivity contribution in [3.63, 3.8) is 0 Å². The first-order valence-electron chi connectivity index (χ1n) is 4.25. The second-order valence-electron chi connectivity index (χ2n) is 2.87. The molecule has 2 nitrogen and oxygen atoms in total. The molecule has 0 aromatic rings. The maximum absolute atomic E-state index is 5.78. The van der Waals surface area contributed by atoms with Crippen molar-refractivity contribution in [2.24, 2.45) is 5.73 Å². The van der Waals surface area contributed by atoms with Gasteiger partial charge in [-0.1, -0.05) is 30.9 Å². The third-order valence-electron chi connectivity index (χ3n) is 1.73. The smallest absolute Gasteiger partial charge is 0.0624 e. The summed E-state index contributed by atoms with van der Waals surface area (Å²) in [4.78, 5) is 0. The van der Waals surface area contributed by atoms with Crippen LogP contribution in [0.3, 0.4) is 0 Å². The van der Waals surface area contributed by atoms with Gasteiger partial charge in [-0.3, -0.25) is 0 Å². The Morgan fingerprint density at radius 2 is 2.00 bits per heavy atom. The van der Waals surface area contributed by atoms with Gasteiger partial charge in [0, 0.05) is 5.70 Å². The van der Waals surface area contributed by atoms with Gasteiger partial charge in [0.15, 0.2) is 0 Å². The van der Waals surface area contributed by atoms with Crippen molar-refractivity contribution >= 4 is 0 Å². The van der Waals surface area contributed by atoms with Crippen LogP contribution in [0.25, 0.3) is 0 Å². The van der Waals surface area contributed by atoms with E-state index in [2.05, 4.69) is 18.5 Å². The van der Waals surface area contributed by atoms with Crippen molar-refractivity contribution in [2.45, 2.75) is 19.9 Å². The van der Waals surface area contributed by atoms with E-state index in [1.165, 1.54) is 0 Å². The number of hydrogen-bond donors (Lipinski definition) is 2. The third-order valence-corrected chi connectivity index (χ3v) is 1.73. The van der Waals surface area contributed by atoms with Crippen molar-refractivity contribution < 1.29 is 0 Å². The molecule has 13 heavy (non-hydrogen) atoms. The van der Waals surface area contributed by atoms with Crippen molar-refractivity contribution in [2.75, 3.05) is 0 Å². The van der Waals surface area contributed by atoms with Crippen LogP contribution in [-0.4, -0.2) is 6.04 Å². The van der Waals surface area contributed by atoms with Crippen molar-refractivity contribution in [3.05, 3.63) is 48.9 Å². The molecule has 0 spiro atoms. The van der Waals surface area contributed by atoms with Crippen LogP contribution in [0, 0.1) is 0 Å². The molecule has 0 bridgehead atoms. The highest BCUT2D eigenvalue weighted by Gasteiger charge is 1.98. The zero-order valence-corrected chi connectivity index (χ0v) is 8.38. The summed E-state index contributed by atoms with van der Waals surface area (Å²) in [5.74, 6) is 0. The van der Waals surface area contributed by atoms with Gasteiger partial charge in [0.2, 0.25) is 0 Å². The molecule has 0 rings (SSSR count). The Morgan fingerprint density at radius 1 is 1.38 bits per heavy atom. The lowest BCUT2D eigenvalue weighted by molar-refractivity contribution is 0.721. The van der Waals surface area contributed by atoms with Gasteiger partial charge < -0.3 is 11.1 Å². The predicted octanol–water partition coefficient (Wildman–Crippen LogP) is 2.08. The highest BCUT2D eigenvalue weighted by Crippen LogP contribution is 1.98. The normalized spacial score (nSPS) is 14.9. The fraction of sp³-hybridized carbons (Fsp3) is 0.273. The minimum atomic E-state index is 0.117. The molecule has 0 aliphatic heterocycles. The highest BCUT2D eigenvalue weighted by molar-refractivity contribution is 5.23. The largest absolute Gasteiger partial charge is 0.400 e. The maximum Gasteiger partial charge on any atom is 0.0624 e. The van der Waals surface area contributed by atoms with Gasteiger partial charge in [-0.25, -0.2) is 0 Å². The summed E-state index contributed by atoms with van der Waals surface area (Å²) in [7, 11) is 0. The molecule has 2 heteroatoms. The second-order valence-corrected chi connectivity index (χ2v) is 2.87. The van der Waals surface area contributed by atoms with Gasteiger partial charge in [0.25, 0.3) is 0 Å². The Bertz CT molecular complexity index is 236. The van der Waals surface area contributed by atoms with Crippen LogP contribution in [0.5, 0.6) is 0 Å². The summed E-state index contributed by atoms with van der Waals surface area (Å²) in [5.41, 5.74) is 7.65. The average molecular weight is 178 g/mol. The summed E-state index contributed by atoms with van der Waals surface area (Å²) >= 11 is 0. The molecule has 0 saturated heterocycles. The van der Waals surface area contributed by atoms with Crippen molar-refractivity contribution in [1.82, 2.24) is 5.32 Å². The first kappa shape index (κ1) is 11.6. The lowest BCUT2D eigenvalue weighted by atomic mass is 10.2. The molecular weight excluding hydrogens is 160 g/mol. The molecule has 0 aromatic heterocycles. The SMILES string of the molecule is C=CNC(C)/C(N)=C/C=C(/C)C=C. The fourth-order valence-electron chi connectivity index (χ4n) is 0.713. The molecule has 0 saturated carbocycles. The molecule has 1 atom stereocenters. The topological polar surface area (TPSA) is 38.0 Å². The second kappa shape index (κ2) is 6.12. The first-order chi connectivity index (χ1) is 6.11. The van der Waals surface area contributed by atoms with Crippen LogP contribution in [0.4, 0.5) is 0 Å². The summed E-state index contributed by atoms with van der Waals surface area (Å²) in [6.45, 7) is 11.2.